The highest BCUT2D eigenvalue weighted by Crippen LogP contribution is 2.31. The van der Waals surface area contributed by atoms with Gasteiger partial charge in [-0.2, -0.15) is 0 Å². The first-order valence-corrected chi connectivity index (χ1v) is 10.5. The molecular weight excluding hydrogens is 364 g/mol. The first-order chi connectivity index (χ1) is 13.8. The van der Waals surface area contributed by atoms with E-state index >= 15 is 0 Å². The van der Waals surface area contributed by atoms with Crippen molar-refractivity contribution in [1.29, 1.82) is 0 Å². The zero-order chi connectivity index (χ0) is 20.6. The highest BCUT2D eigenvalue weighted by Gasteiger charge is 2.33. The van der Waals surface area contributed by atoms with Gasteiger partial charge in [-0.05, 0) is 87.6 Å². The maximum absolute atomic E-state index is 13.2. The molecule has 1 aliphatic rings. The summed E-state index contributed by atoms with van der Waals surface area (Å²) in [5.74, 6) is 0.733. The van der Waals surface area contributed by atoms with Crippen molar-refractivity contribution in [2.24, 2.45) is 0 Å². The highest BCUT2D eigenvalue weighted by atomic mass is 16.1. The predicted molar refractivity (Wildman–Crippen MR) is 114 cm³/mol. The van der Waals surface area contributed by atoms with Crippen LogP contribution in [0.2, 0.25) is 0 Å². The molecule has 0 radical (unpaired) electrons. The number of tetrazole rings is 1. The fraction of sp³-hybridized carbons (Fsp3) is 0.545. The Bertz CT molecular complexity index is 1050. The zero-order valence-corrected chi connectivity index (χ0v) is 17.8. The quantitative estimate of drug-likeness (QED) is 0.735. The lowest BCUT2D eigenvalue weighted by Gasteiger charge is -2.31. The van der Waals surface area contributed by atoms with Gasteiger partial charge in [0.2, 0.25) is 0 Å². The van der Waals surface area contributed by atoms with Gasteiger partial charge in [0, 0.05) is 11.1 Å². The lowest BCUT2D eigenvalue weighted by molar-refractivity contribution is 0.208. The molecule has 7 nitrogen and oxygen atoms in total. The van der Waals surface area contributed by atoms with E-state index in [1.54, 1.807) is 0 Å². The molecule has 4 rings (SSSR count). The van der Waals surface area contributed by atoms with Crippen LogP contribution in [0.5, 0.6) is 0 Å². The summed E-state index contributed by atoms with van der Waals surface area (Å²) in [4.78, 5) is 18.6. The molecule has 29 heavy (non-hydrogen) atoms. The molecule has 0 saturated carbocycles. The first-order valence-electron chi connectivity index (χ1n) is 10.5. The van der Waals surface area contributed by atoms with E-state index in [0.29, 0.717) is 5.56 Å². The number of H-pyrrole nitrogens is 1. The normalized spacial score (nSPS) is 17.4. The van der Waals surface area contributed by atoms with Crippen LogP contribution in [-0.2, 0) is 5.54 Å². The van der Waals surface area contributed by atoms with Gasteiger partial charge in [-0.1, -0.05) is 24.5 Å². The Balaban J connectivity index is 1.91. The molecule has 0 spiro atoms. The highest BCUT2D eigenvalue weighted by molar-refractivity contribution is 5.79. The largest absolute Gasteiger partial charge is 0.322 e. The maximum atomic E-state index is 13.2. The average molecular weight is 395 g/mol. The van der Waals surface area contributed by atoms with Gasteiger partial charge in [0.15, 0.2) is 5.82 Å². The molecule has 1 atom stereocenters. The van der Waals surface area contributed by atoms with Crippen molar-refractivity contribution in [2.45, 2.75) is 65.0 Å². The summed E-state index contributed by atoms with van der Waals surface area (Å²) in [6.07, 6.45) is 4.69. The van der Waals surface area contributed by atoms with Gasteiger partial charge >= 0.3 is 0 Å². The minimum Gasteiger partial charge on any atom is -0.322 e. The second kappa shape index (κ2) is 7.71. The molecule has 0 aliphatic carbocycles. The summed E-state index contributed by atoms with van der Waals surface area (Å²) in [5.41, 5.74) is 2.39. The molecule has 1 aromatic carbocycles. The molecule has 1 N–H and O–H groups in total. The monoisotopic (exact) mass is 394 g/mol. The number of hydrogen-bond acceptors (Lipinski definition) is 5. The molecule has 0 amide bonds. The van der Waals surface area contributed by atoms with Crippen LogP contribution < -0.4 is 5.56 Å². The molecule has 0 bridgehead atoms. The molecule has 7 heteroatoms. The molecular formula is C22H30N6O. The van der Waals surface area contributed by atoms with Crippen molar-refractivity contribution >= 4 is 10.9 Å². The minimum absolute atomic E-state index is 0.0703. The van der Waals surface area contributed by atoms with Crippen molar-refractivity contribution in [2.75, 3.05) is 13.1 Å². The summed E-state index contributed by atoms with van der Waals surface area (Å²) in [7, 11) is 0. The SMILES string of the molecule is Cc1ccc2[nH]c(=O)c([C@@H](c3nnnn3C(C)(C)C)N3CCCCCC3)cc2c1. The van der Waals surface area contributed by atoms with E-state index in [1.807, 2.05) is 22.9 Å². The number of fused-ring (bicyclic) bond motifs is 1. The molecule has 154 valence electrons. The van der Waals surface area contributed by atoms with Gasteiger partial charge in [0.05, 0.1) is 5.54 Å². The van der Waals surface area contributed by atoms with E-state index in [0.717, 1.165) is 42.7 Å². The zero-order valence-electron chi connectivity index (χ0n) is 17.8. The van der Waals surface area contributed by atoms with Crippen LogP contribution in [0.1, 0.15) is 69.4 Å². The van der Waals surface area contributed by atoms with Crippen molar-refractivity contribution in [3.63, 3.8) is 0 Å². The molecule has 0 unspecified atom stereocenters. The van der Waals surface area contributed by atoms with Crippen molar-refractivity contribution in [3.05, 3.63) is 51.6 Å². The van der Waals surface area contributed by atoms with E-state index in [-0.39, 0.29) is 17.1 Å². The van der Waals surface area contributed by atoms with Crippen LogP contribution in [0.25, 0.3) is 10.9 Å². The number of pyridine rings is 1. The molecule has 1 fully saturated rings. The first kappa shape index (κ1) is 19.8. The number of rotatable bonds is 3. The summed E-state index contributed by atoms with van der Waals surface area (Å²) >= 11 is 0. The Hall–Kier alpha value is -2.54. The van der Waals surface area contributed by atoms with E-state index in [2.05, 4.69) is 59.2 Å². The van der Waals surface area contributed by atoms with Crippen LogP contribution in [0.15, 0.2) is 29.1 Å². The van der Waals surface area contributed by atoms with E-state index in [1.165, 1.54) is 18.4 Å². The third-order valence-corrected chi connectivity index (χ3v) is 5.70. The number of aromatic amines is 1. The fourth-order valence-corrected chi connectivity index (χ4v) is 4.24. The smallest absolute Gasteiger partial charge is 0.253 e. The Morgan fingerprint density at radius 1 is 1.07 bits per heavy atom. The Labute approximate surface area is 171 Å². The van der Waals surface area contributed by atoms with E-state index in [4.69, 9.17) is 0 Å². The molecule has 3 aromatic rings. The van der Waals surface area contributed by atoms with Gasteiger partial charge in [0.25, 0.3) is 5.56 Å². The van der Waals surface area contributed by atoms with Crippen LogP contribution in [-0.4, -0.2) is 43.2 Å². The van der Waals surface area contributed by atoms with Crippen LogP contribution in [0, 0.1) is 6.92 Å². The van der Waals surface area contributed by atoms with Gasteiger partial charge < -0.3 is 4.98 Å². The second-order valence-corrected chi connectivity index (χ2v) is 9.12. The topological polar surface area (TPSA) is 79.7 Å². The molecule has 2 aromatic heterocycles. The molecule has 1 aliphatic heterocycles. The van der Waals surface area contributed by atoms with Crippen molar-refractivity contribution < 1.29 is 0 Å². The van der Waals surface area contributed by atoms with Gasteiger partial charge in [-0.15, -0.1) is 5.10 Å². The number of aryl methyl sites for hydroxylation is 1. The third kappa shape index (κ3) is 3.96. The number of hydrogen-bond donors (Lipinski definition) is 1. The van der Waals surface area contributed by atoms with E-state index in [9.17, 15) is 4.79 Å². The summed E-state index contributed by atoms with van der Waals surface area (Å²) in [5, 5.41) is 13.7. The van der Waals surface area contributed by atoms with E-state index < -0.39 is 0 Å². The second-order valence-electron chi connectivity index (χ2n) is 9.12. The number of nitrogens with one attached hydrogen (secondary N) is 1. The summed E-state index contributed by atoms with van der Waals surface area (Å²) in [6, 6.07) is 7.86. The number of benzene rings is 1. The van der Waals surface area contributed by atoms with Crippen molar-refractivity contribution in [1.82, 2.24) is 30.1 Å². The van der Waals surface area contributed by atoms with Crippen molar-refractivity contribution in [3.8, 4) is 0 Å². The van der Waals surface area contributed by atoms with Gasteiger partial charge in [0.1, 0.15) is 6.04 Å². The maximum Gasteiger partial charge on any atom is 0.253 e. The lowest BCUT2D eigenvalue weighted by Crippen LogP contribution is -2.38. The standard InChI is InChI=1S/C22H30N6O/c1-15-9-10-18-16(13-15)14-17(21(29)23-18)19(27-11-7-5-6-8-12-27)20-24-25-26-28(20)22(2,3)4/h9-10,13-14,19H,5-8,11-12H2,1-4H3,(H,23,29)/t19-/m0/s1. The van der Waals surface area contributed by atoms with Gasteiger partial charge in [-0.3, -0.25) is 9.69 Å². The summed E-state index contributed by atoms with van der Waals surface area (Å²) in [6.45, 7) is 10.2. The Kier molecular flexibility index (Phi) is 5.25. The summed E-state index contributed by atoms with van der Waals surface area (Å²) < 4.78 is 1.86. The predicted octanol–water partition coefficient (Wildman–Crippen LogP) is 3.54. The Morgan fingerprint density at radius 2 is 1.79 bits per heavy atom. The third-order valence-electron chi connectivity index (χ3n) is 5.70. The molecule has 3 heterocycles. The van der Waals surface area contributed by atoms with Crippen LogP contribution in [0.4, 0.5) is 0 Å². The van der Waals surface area contributed by atoms with Gasteiger partial charge in [-0.25, -0.2) is 4.68 Å². The van der Waals surface area contributed by atoms with Crippen LogP contribution >= 0.6 is 0 Å². The average Bonchev–Trinajstić information content (AvgIpc) is 3.00. The number of nitrogens with zero attached hydrogens (tertiary/aromatic N) is 5. The lowest BCUT2D eigenvalue weighted by atomic mass is 10.0. The fourth-order valence-electron chi connectivity index (χ4n) is 4.24. The number of aromatic nitrogens is 5. The number of likely N-dealkylation sites (tertiary alicyclic amines) is 1. The molecule has 1 saturated heterocycles. The Morgan fingerprint density at radius 3 is 2.48 bits per heavy atom. The minimum atomic E-state index is -0.275. The van der Waals surface area contributed by atoms with Crippen LogP contribution in [0.3, 0.4) is 0 Å².